The average Bonchev–Trinajstić information content (AvgIpc) is 4.20. The van der Waals surface area contributed by atoms with Crippen molar-refractivity contribution in [3.05, 3.63) is 181 Å². The summed E-state index contributed by atoms with van der Waals surface area (Å²) in [6.07, 6.45) is 9.74. The van der Waals surface area contributed by atoms with E-state index in [4.69, 9.17) is 68.3 Å². The second-order valence-electron chi connectivity index (χ2n) is 14.5. The van der Waals surface area contributed by atoms with Crippen LogP contribution in [-0.2, 0) is 29.3 Å². The zero-order valence-electron chi connectivity index (χ0n) is 40.4. The van der Waals surface area contributed by atoms with Crippen LogP contribution in [0.4, 0.5) is 0 Å². The number of benzene rings is 3. The molecule has 0 atom stereocenters. The summed E-state index contributed by atoms with van der Waals surface area (Å²) in [4.78, 5) is 47.4. The Morgan fingerprint density at radius 3 is 1.29 bits per heavy atom. The first-order valence-electron chi connectivity index (χ1n) is 21.0. The molecule has 75 heavy (non-hydrogen) atoms. The number of nitrogens with zero attached hydrogens (tertiary/aromatic N) is 6. The number of aromatic carboxylic acids is 1. The smallest absolute Gasteiger partial charge is 0.870 e. The number of rotatable bonds is 13. The number of carbonyl (C=O) groups is 3. The second kappa shape index (κ2) is 30.1. The number of aliphatic hydroxyl groups is 1. The van der Waals surface area contributed by atoms with E-state index in [1.807, 2.05) is 12.1 Å². The predicted octanol–water partition coefficient (Wildman–Crippen LogP) is 7.82. The zero-order chi connectivity index (χ0) is 51.9. The zero-order valence-corrected chi connectivity index (χ0v) is 46.2. The van der Waals surface area contributed by atoms with E-state index in [0.717, 1.165) is 16.7 Å². The number of hydrogen-bond acceptors (Lipinski definition) is 15. The van der Waals surface area contributed by atoms with E-state index in [9.17, 15) is 19.5 Å². The van der Waals surface area contributed by atoms with Gasteiger partial charge in [-0.15, -0.1) is 0 Å². The molecule has 6 heterocycles. The quantitative estimate of drug-likeness (QED) is 0.0826. The Bertz CT molecular complexity index is 3360. The Morgan fingerprint density at radius 2 is 0.893 bits per heavy atom. The molecule has 0 fully saturated rings. The van der Waals surface area contributed by atoms with Crippen molar-refractivity contribution in [2.24, 2.45) is 0 Å². The topological polar surface area (TPSA) is 238 Å². The maximum atomic E-state index is 12.1. The van der Waals surface area contributed by atoms with E-state index in [-0.39, 0.29) is 85.4 Å². The Kier molecular flexibility index (Phi) is 25.2. The van der Waals surface area contributed by atoms with Gasteiger partial charge in [-0.05, 0) is 88.7 Å². The number of methoxy groups -OCH3 is 5. The van der Waals surface area contributed by atoms with Crippen molar-refractivity contribution in [1.29, 1.82) is 0 Å². The van der Waals surface area contributed by atoms with Crippen molar-refractivity contribution < 1.29 is 92.8 Å². The monoisotopic (exact) mass is 1160 g/mol. The van der Waals surface area contributed by atoms with Crippen molar-refractivity contribution in [3.63, 3.8) is 0 Å². The number of esters is 2. The van der Waals surface area contributed by atoms with Crippen LogP contribution < -0.4 is 53.2 Å². The molecule has 0 unspecified atom stereocenters. The van der Waals surface area contributed by atoms with Gasteiger partial charge in [-0.25, -0.2) is 29.3 Å². The molecule has 0 aliphatic rings. The van der Waals surface area contributed by atoms with E-state index in [1.54, 1.807) is 133 Å². The molecule has 9 rings (SSSR count). The summed E-state index contributed by atoms with van der Waals surface area (Å²) < 4.78 is 42.0. The average molecular weight is 1160 g/mol. The number of carboxylic acid groups (broad SMARTS) is 1. The van der Waals surface area contributed by atoms with Gasteiger partial charge in [-0.1, -0.05) is 60.4 Å². The van der Waals surface area contributed by atoms with E-state index in [0.29, 0.717) is 65.2 Å². The van der Waals surface area contributed by atoms with Crippen molar-refractivity contribution in [2.45, 2.75) is 27.2 Å². The number of halogens is 4. The van der Waals surface area contributed by atoms with Gasteiger partial charge >= 0.3 is 47.5 Å². The van der Waals surface area contributed by atoms with Gasteiger partial charge in [-0.2, -0.15) is 0 Å². The van der Waals surface area contributed by atoms with Gasteiger partial charge in [0.15, 0.2) is 22.9 Å². The Morgan fingerprint density at radius 1 is 0.533 bits per heavy atom. The molecule has 3 N–H and O–H groups in total. The molecule has 0 saturated carbocycles. The maximum Gasteiger partial charge on any atom is 1.00 e. The van der Waals surface area contributed by atoms with Gasteiger partial charge in [0.1, 0.15) is 53.1 Å². The van der Waals surface area contributed by atoms with Crippen LogP contribution in [0.15, 0.2) is 133 Å². The molecule has 3 aromatic carbocycles. The van der Waals surface area contributed by atoms with Crippen LogP contribution in [0.25, 0.3) is 16.9 Å². The SMILES string of the molecule is C.COC(=O)c1c(Br)ccc2nccn12.COC(=O)c1c(OCc2ccc(Cl)cc2OC)ccc2nccn12.COc1cc(Cl)ccc1CO.COc1cc(Cl)ccc1COc1ccc2nccn2c1C(=O)O.[Na+].[OH-]. The molecule has 0 bridgehead atoms. The molecule has 9 aromatic rings. The number of hydrogen-bond donors (Lipinski definition) is 2. The first-order valence-corrected chi connectivity index (χ1v) is 23.0. The first kappa shape index (κ1) is 62.7. The predicted molar refractivity (Wildman–Crippen MR) is 280 cm³/mol. The van der Waals surface area contributed by atoms with E-state index < -0.39 is 11.9 Å². The minimum absolute atomic E-state index is 0. The number of carbonyl (C=O) groups excluding carboxylic acids is 2. The summed E-state index contributed by atoms with van der Waals surface area (Å²) >= 11 is 20.9. The van der Waals surface area contributed by atoms with Gasteiger partial charge in [0.2, 0.25) is 0 Å². The molecular formula is C51H49BrCl3N6NaO13. The Hall–Kier alpha value is -6.59. The fourth-order valence-electron chi connectivity index (χ4n) is 6.78. The number of fused-ring (bicyclic) bond motifs is 3. The van der Waals surface area contributed by atoms with Crippen LogP contribution in [0, 0.1) is 0 Å². The van der Waals surface area contributed by atoms with E-state index >= 15 is 0 Å². The van der Waals surface area contributed by atoms with Gasteiger partial charge in [0, 0.05) is 73.4 Å². The third-order valence-corrected chi connectivity index (χ3v) is 11.6. The molecule has 0 amide bonds. The molecule has 24 heteroatoms. The van der Waals surface area contributed by atoms with Crippen LogP contribution >= 0.6 is 50.7 Å². The minimum atomic E-state index is -1.09. The fraction of sp³-hybridized carbons (Fsp3) is 0.176. The van der Waals surface area contributed by atoms with Crippen LogP contribution in [-0.4, -0.2) is 97.3 Å². The molecule has 390 valence electrons. The molecule has 6 aromatic heterocycles. The summed E-state index contributed by atoms with van der Waals surface area (Å²) in [6.45, 7) is 0.339. The summed E-state index contributed by atoms with van der Waals surface area (Å²) in [5.41, 5.74) is 4.95. The normalized spacial score (nSPS) is 10.1. The molecule has 0 saturated heterocycles. The third kappa shape index (κ3) is 15.7. The van der Waals surface area contributed by atoms with Crippen LogP contribution in [0.5, 0.6) is 28.7 Å². The van der Waals surface area contributed by atoms with Crippen LogP contribution in [0.2, 0.25) is 15.1 Å². The molecule has 0 radical (unpaired) electrons. The number of carboxylic acids is 1. The van der Waals surface area contributed by atoms with Crippen LogP contribution in [0.1, 0.15) is 55.6 Å². The van der Waals surface area contributed by atoms with Crippen molar-refractivity contribution in [3.8, 4) is 28.7 Å². The summed E-state index contributed by atoms with van der Waals surface area (Å²) in [5.74, 6) is 0.483. The standard InChI is InChI=1S/C17H15ClN2O4.C16H13ClN2O4.C9H7BrN2O2.C8H9ClO2.CH4.Na.H2O/c1-22-14-9-12(18)4-3-11(14)10-24-13-5-6-15-19-7-8-20(15)16(13)17(21)23-2;1-22-13-8-11(17)3-2-10(13)9-23-12-4-5-14-18-6-7-19(14)15(12)16(20)21;1-14-9(13)8-6(10)2-3-7-11-4-5-12(7)8;1-11-8-4-7(9)3-2-6(8)5-10;;;/h3-9H,10H2,1-2H3;2-8H,9H2,1H3,(H,20,21);2-5H,1H3;2-4,10H,5H2,1H3;1H4;;1H2/q;;;;;+1;/p-1. The molecule has 0 aliphatic heterocycles. The number of aromatic nitrogens is 6. The maximum absolute atomic E-state index is 12.1. The largest absolute Gasteiger partial charge is 1.00 e. The Labute approximate surface area is 476 Å². The summed E-state index contributed by atoms with van der Waals surface area (Å²) in [6, 6.07) is 25.9. The Balaban J connectivity index is 0.000000271. The van der Waals surface area contributed by atoms with E-state index in [2.05, 4.69) is 35.6 Å². The minimum Gasteiger partial charge on any atom is -0.870 e. The number of aliphatic hydroxyl groups excluding tert-OH is 1. The van der Waals surface area contributed by atoms with Gasteiger partial charge in [0.05, 0.1) is 42.2 Å². The summed E-state index contributed by atoms with van der Waals surface area (Å²) in [5, 5.41) is 20.0. The van der Waals surface area contributed by atoms with Gasteiger partial charge < -0.3 is 48.8 Å². The first-order chi connectivity index (χ1) is 34.7. The van der Waals surface area contributed by atoms with Crippen molar-refractivity contribution in [1.82, 2.24) is 28.2 Å². The van der Waals surface area contributed by atoms with E-state index in [1.165, 1.54) is 31.9 Å². The molecule has 0 aliphatic carbocycles. The van der Waals surface area contributed by atoms with Gasteiger partial charge in [-0.3, -0.25) is 13.2 Å². The van der Waals surface area contributed by atoms with Crippen LogP contribution in [0.3, 0.4) is 0 Å². The number of imidazole rings is 3. The number of pyridine rings is 3. The van der Waals surface area contributed by atoms with Crippen molar-refractivity contribution >= 4 is 85.6 Å². The summed E-state index contributed by atoms with van der Waals surface area (Å²) in [7, 11) is 7.32. The second-order valence-corrected chi connectivity index (χ2v) is 16.6. The fourth-order valence-corrected chi connectivity index (χ4v) is 7.76. The number of ether oxygens (including phenoxy) is 7. The molecular weight excluding hydrogens is 1110 g/mol. The molecule has 19 nitrogen and oxygen atoms in total. The van der Waals surface area contributed by atoms with Crippen molar-refractivity contribution in [2.75, 3.05) is 35.5 Å². The molecule has 0 spiro atoms. The third-order valence-electron chi connectivity index (χ3n) is 10.2. The van der Waals surface area contributed by atoms with Gasteiger partial charge in [0.25, 0.3) is 0 Å².